The summed E-state index contributed by atoms with van der Waals surface area (Å²) in [6, 6.07) is 10.1. The first-order chi connectivity index (χ1) is 8.26. The van der Waals surface area contributed by atoms with Gasteiger partial charge in [-0.3, -0.25) is 0 Å². The number of rotatable bonds is 8. The van der Waals surface area contributed by atoms with Crippen LogP contribution in [0.4, 0.5) is 0 Å². The van der Waals surface area contributed by atoms with Gasteiger partial charge in [-0.05, 0) is 12.0 Å². The van der Waals surface area contributed by atoms with E-state index >= 15 is 0 Å². The molecule has 0 saturated carbocycles. The van der Waals surface area contributed by atoms with Crippen LogP contribution in [0.3, 0.4) is 0 Å². The summed E-state index contributed by atoms with van der Waals surface area (Å²) in [5, 5.41) is 0. The Kier molecular flexibility index (Phi) is 6.19. The van der Waals surface area contributed by atoms with Gasteiger partial charge in [0.2, 0.25) is 0 Å². The number of ether oxygens (including phenoxy) is 3. The summed E-state index contributed by atoms with van der Waals surface area (Å²) in [5.41, 5.74) is 0.842. The molecule has 0 fully saturated rings. The third-order valence-electron chi connectivity index (χ3n) is 2.96. The minimum atomic E-state index is -0.330. The van der Waals surface area contributed by atoms with E-state index in [9.17, 15) is 0 Å². The Morgan fingerprint density at radius 3 is 2.29 bits per heavy atom. The molecule has 1 atom stereocenters. The molecule has 0 heterocycles. The Balaban J connectivity index is 2.42. The smallest absolute Gasteiger partial charge is 0.114 e. The fourth-order valence-corrected chi connectivity index (χ4v) is 1.70. The fourth-order valence-electron chi connectivity index (χ4n) is 1.70. The molecule has 0 amide bonds. The van der Waals surface area contributed by atoms with Crippen LogP contribution in [0.5, 0.6) is 0 Å². The third-order valence-corrected chi connectivity index (χ3v) is 2.96. The lowest BCUT2D eigenvalue weighted by molar-refractivity contribution is -0.116. The summed E-state index contributed by atoms with van der Waals surface area (Å²) in [6.07, 6.45) is 0.867. The van der Waals surface area contributed by atoms with Crippen LogP contribution in [0.25, 0.3) is 0 Å². The Labute approximate surface area is 104 Å². The maximum Gasteiger partial charge on any atom is 0.114 e. The van der Waals surface area contributed by atoms with E-state index in [1.165, 1.54) is 5.56 Å². The predicted octanol–water partition coefficient (Wildman–Crippen LogP) is 2.64. The van der Waals surface area contributed by atoms with Gasteiger partial charge < -0.3 is 14.2 Å². The molecule has 0 saturated heterocycles. The van der Waals surface area contributed by atoms with Crippen LogP contribution in [0.1, 0.15) is 18.9 Å². The number of benzene rings is 1. The van der Waals surface area contributed by atoms with Gasteiger partial charge >= 0.3 is 0 Å². The van der Waals surface area contributed by atoms with E-state index < -0.39 is 0 Å². The van der Waals surface area contributed by atoms with Crippen molar-refractivity contribution in [3.05, 3.63) is 35.9 Å². The molecular formula is C14H22O3. The lowest BCUT2D eigenvalue weighted by Crippen LogP contribution is -2.40. The van der Waals surface area contributed by atoms with E-state index in [2.05, 4.69) is 19.1 Å². The Bertz CT molecular complexity index is 294. The Morgan fingerprint density at radius 1 is 1.06 bits per heavy atom. The highest BCUT2D eigenvalue weighted by Crippen LogP contribution is 2.17. The first-order valence-electron chi connectivity index (χ1n) is 5.92. The largest absolute Gasteiger partial charge is 0.382 e. The van der Waals surface area contributed by atoms with Gasteiger partial charge in [0.1, 0.15) is 5.60 Å². The van der Waals surface area contributed by atoms with E-state index in [1.807, 2.05) is 18.2 Å². The van der Waals surface area contributed by atoms with Crippen molar-refractivity contribution in [3.63, 3.8) is 0 Å². The van der Waals surface area contributed by atoms with Gasteiger partial charge in [0.05, 0.1) is 19.8 Å². The second-order valence-electron chi connectivity index (χ2n) is 4.15. The first-order valence-corrected chi connectivity index (χ1v) is 5.92. The van der Waals surface area contributed by atoms with Crippen molar-refractivity contribution in [3.8, 4) is 0 Å². The van der Waals surface area contributed by atoms with E-state index in [0.29, 0.717) is 19.8 Å². The van der Waals surface area contributed by atoms with Crippen LogP contribution in [-0.4, -0.2) is 33.0 Å². The molecule has 0 aliphatic carbocycles. The van der Waals surface area contributed by atoms with Crippen molar-refractivity contribution >= 4 is 0 Å². The molecule has 0 aromatic heterocycles. The summed E-state index contributed by atoms with van der Waals surface area (Å²) in [7, 11) is 3.38. The minimum absolute atomic E-state index is 0.330. The monoisotopic (exact) mass is 238 g/mol. The summed E-state index contributed by atoms with van der Waals surface area (Å²) in [6.45, 7) is 3.78. The zero-order chi connectivity index (χ0) is 12.6. The topological polar surface area (TPSA) is 27.7 Å². The molecule has 0 radical (unpaired) electrons. The molecule has 0 spiro atoms. The molecule has 0 aliphatic rings. The lowest BCUT2D eigenvalue weighted by Gasteiger charge is -2.30. The average molecular weight is 238 g/mol. The zero-order valence-electron chi connectivity index (χ0n) is 10.9. The van der Waals surface area contributed by atoms with Gasteiger partial charge in [0.25, 0.3) is 0 Å². The van der Waals surface area contributed by atoms with Crippen molar-refractivity contribution in [2.45, 2.75) is 25.6 Å². The fraction of sp³-hybridized carbons (Fsp3) is 0.571. The molecule has 1 aromatic carbocycles. The molecular weight excluding hydrogens is 216 g/mol. The van der Waals surface area contributed by atoms with Gasteiger partial charge in [0, 0.05) is 14.2 Å². The van der Waals surface area contributed by atoms with E-state index in [4.69, 9.17) is 14.2 Å². The standard InChI is InChI=1S/C14H22O3/c1-4-14(16-3,11-15-2)12-17-10-13-8-6-5-7-9-13/h5-9H,4,10-12H2,1-3H3. The summed E-state index contributed by atoms with van der Waals surface area (Å²) in [5.74, 6) is 0. The van der Waals surface area contributed by atoms with Gasteiger partial charge in [-0.15, -0.1) is 0 Å². The normalized spacial score (nSPS) is 14.5. The second kappa shape index (κ2) is 7.43. The molecule has 17 heavy (non-hydrogen) atoms. The van der Waals surface area contributed by atoms with E-state index in [1.54, 1.807) is 14.2 Å². The summed E-state index contributed by atoms with van der Waals surface area (Å²) >= 11 is 0. The molecule has 1 unspecified atom stereocenters. The maximum atomic E-state index is 5.71. The molecule has 0 aliphatic heterocycles. The highest BCUT2D eigenvalue weighted by atomic mass is 16.6. The molecule has 3 nitrogen and oxygen atoms in total. The third kappa shape index (κ3) is 4.46. The Hall–Kier alpha value is -0.900. The minimum Gasteiger partial charge on any atom is -0.382 e. The van der Waals surface area contributed by atoms with Crippen molar-refractivity contribution in [1.82, 2.24) is 0 Å². The van der Waals surface area contributed by atoms with E-state index in [0.717, 1.165) is 6.42 Å². The van der Waals surface area contributed by atoms with Crippen molar-refractivity contribution in [2.75, 3.05) is 27.4 Å². The van der Waals surface area contributed by atoms with Gasteiger partial charge in [-0.2, -0.15) is 0 Å². The van der Waals surface area contributed by atoms with Crippen molar-refractivity contribution in [2.24, 2.45) is 0 Å². The average Bonchev–Trinajstić information content (AvgIpc) is 2.39. The van der Waals surface area contributed by atoms with Crippen LogP contribution in [-0.2, 0) is 20.8 Å². The van der Waals surface area contributed by atoms with Gasteiger partial charge in [-0.1, -0.05) is 37.3 Å². The number of methoxy groups -OCH3 is 2. The van der Waals surface area contributed by atoms with Crippen LogP contribution in [0.15, 0.2) is 30.3 Å². The zero-order valence-corrected chi connectivity index (χ0v) is 10.9. The summed E-state index contributed by atoms with van der Waals surface area (Å²) < 4.78 is 16.4. The Morgan fingerprint density at radius 2 is 1.76 bits per heavy atom. The molecule has 1 rings (SSSR count). The second-order valence-corrected chi connectivity index (χ2v) is 4.15. The van der Waals surface area contributed by atoms with Gasteiger partial charge in [0.15, 0.2) is 0 Å². The maximum absolute atomic E-state index is 5.71. The summed E-state index contributed by atoms with van der Waals surface area (Å²) in [4.78, 5) is 0. The van der Waals surface area contributed by atoms with Crippen LogP contribution < -0.4 is 0 Å². The number of hydrogen-bond acceptors (Lipinski definition) is 3. The molecule has 96 valence electrons. The molecule has 3 heteroatoms. The van der Waals surface area contributed by atoms with Crippen LogP contribution in [0.2, 0.25) is 0 Å². The number of hydrogen-bond donors (Lipinski definition) is 0. The molecule has 0 N–H and O–H groups in total. The van der Waals surface area contributed by atoms with E-state index in [-0.39, 0.29) is 5.60 Å². The predicted molar refractivity (Wildman–Crippen MR) is 68.0 cm³/mol. The molecule has 0 bridgehead atoms. The highest BCUT2D eigenvalue weighted by molar-refractivity contribution is 5.13. The molecule has 1 aromatic rings. The van der Waals surface area contributed by atoms with Crippen molar-refractivity contribution < 1.29 is 14.2 Å². The highest BCUT2D eigenvalue weighted by Gasteiger charge is 2.28. The van der Waals surface area contributed by atoms with Crippen LogP contribution >= 0.6 is 0 Å². The van der Waals surface area contributed by atoms with Gasteiger partial charge in [-0.25, -0.2) is 0 Å². The lowest BCUT2D eigenvalue weighted by atomic mass is 10.0. The first kappa shape index (κ1) is 14.2. The van der Waals surface area contributed by atoms with Crippen LogP contribution in [0, 0.1) is 0 Å². The SMILES string of the molecule is CCC(COC)(COCc1ccccc1)OC. The quantitative estimate of drug-likeness (QED) is 0.697. The van der Waals surface area contributed by atoms with Crippen molar-refractivity contribution in [1.29, 1.82) is 0 Å².